The summed E-state index contributed by atoms with van der Waals surface area (Å²) in [5.74, 6) is -9.88. The molecule has 19 heavy (non-hydrogen) atoms. The standard InChI is InChI=1S/C10H4ClF5N2S/c11-2-1-3-17-18-10(19-3)4-5(12)7(14)9(16)8(15)6(4)13/h1-2H2. The van der Waals surface area contributed by atoms with Gasteiger partial charge in [0.25, 0.3) is 0 Å². The summed E-state index contributed by atoms with van der Waals surface area (Å²) in [5.41, 5.74) is -1.07. The number of alkyl halides is 1. The number of hydrogen-bond donors (Lipinski definition) is 0. The van der Waals surface area contributed by atoms with Crippen LogP contribution >= 0.6 is 22.9 Å². The number of aryl methyl sites for hydroxylation is 1. The number of halogens is 6. The van der Waals surface area contributed by atoms with Gasteiger partial charge < -0.3 is 0 Å². The molecule has 1 heterocycles. The third-order valence-corrected chi connectivity index (χ3v) is 3.39. The van der Waals surface area contributed by atoms with Gasteiger partial charge in [0.15, 0.2) is 28.3 Å². The molecule has 0 amide bonds. The molecule has 1 aromatic carbocycles. The lowest BCUT2D eigenvalue weighted by atomic mass is 10.2. The Labute approximate surface area is 112 Å². The molecule has 0 aliphatic heterocycles. The summed E-state index contributed by atoms with van der Waals surface area (Å²) in [6.07, 6.45) is 0.286. The number of benzene rings is 1. The lowest BCUT2D eigenvalue weighted by Crippen LogP contribution is -2.03. The third-order valence-electron chi connectivity index (χ3n) is 2.20. The van der Waals surface area contributed by atoms with E-state index in [1.807, 2.05) is 0 Å². The second-order valence-corrected chi connectivity index (χ2v) is 4.82. The van der Waals surface area contributed by atoms with Gasteiger partial charge in [-0.2, -0.15) is 0 Å². The van der Waals surface area contributed by atoms with Crippen LogP contribution in [-0.2, 0) is 6.42 Å². The van der Waals surface area contributed by atoms with Crippen molar-refractivity contribution >= 4 is 22.9 Å². The highest BCUT2D eigenvalue weighted by Gasteiger charge is 2.28. The zero-order chi connectivity index (χ0) is 14.2. The fourth-order valence-corrected chi connectivity index (χ4v) is 2.49. The predicted molar refractivity (Wildman–Crippen MR) is 59.6 cm³/mol. The van der Waals surface area contributed by atoms with Crippen LogP contribution in [0.1, 0.15) is 5.01 Å². The van der Waals surface area contributed by atoms with Gasteiger partial charge in [0.2, 0.25) is 5.82 Å². The highest BCUT2D eigenvalue weighted by molar-refractivity contribution is 7.14. The van der Waals surface area contributed by atoms with Crippen molar-refractivity contribution in [2.75, 3.05) is 5.88 Å². The lowest BCUT2D eigenvalue weighted by molar-refractivity contribution is 0.381. The van der Waals surface area contributed by atoms with E-state index >= 15 is 0 Å². The van der Waals surface area contributed by atoms with E-state index < -0.39 is 34.6 Å². The topological polar surface area (TPSA) is 25.8 Å². The molecule has 2 nitrogen and oxygen atoms in total. The van der Waals surface area contributed by atoms with E-state index in [0.29, 0.717) is 5.01 Å². The summed E-state index contributed by atoms with van der Waals surface area (Å²) in [4.78, 5) is 0. The van der Waals surface area contributed by atoms with Gasteiger partial charge in [0.05, 0.1) is 5.56 Å². The summed E-state index contributed by atoms with van der Waals surface area (Å²) in [6, 6.07) is 0. The van der Waals surface area contributed by atoms with E-state index in [9.17, 15) is 22.0 Å². The summed E-state index contributed by atoms with van der Waals surface area (Å²) in [6.45, 7) is 0. The number of rotatable bonds is 3. The molecule has 0 fully saturated rings. The van der Waals surface area contributed by atoms with E-state index in [2.05, 4.69) is 10.2 Å². The second kappa shape index (κ2) is 5.38. The van der Waals surface area contributed by atoms with Crippen LogP contribution in [0.5, 0.6) is 0 Å². The number of aromatic nitrogens is 2. The Kier molecular flexibility index (Phi) is 4.00. The van der Waals surface area contributed by atoms with Crippen molar-refractivity contribution in [3.63, 3.8) is 0 Å². The maximum atomic E-state index is 13.5. The van der Waals surface area contributed by atoms with Gasteiger partial charge in [-0.15, -0.1) is 21.8 Å². The average molecular weight is 315 g/mol. The molecule has 9 heteroatoms. The van der Waals surface area contributed by atoms with Crippen LogP contribution < -0.4 is 0 Å². The molecule has 0 bridgehead atoms. The van der Waals surface area contributed by atoms with Gasteiger partial charge in [-0.1, -0.05) is 11.3 Å². The Morgan fingerprint density at radius 2 is 1.37 bits per heavy atom. The van der Waals surface area contributed by atoms with Crippen LogP contribution in [0.15, 0.2) is 0 Å². The molecule has 102 valence electrons. The quantitative estimate of drug-likeness (QED) is 0.374. The molecule has 1 aromatic heterocycles. The Hall–Kier alpha value is -1.28. The first kappa shape index (κ1) is 14.1. The van der Waals surface area contributed by atoms with Crippen molar-refractivity contribution in [3.8, 4) is 10.6 Å². The molecular weight excluding hydrogens is 311 g/mol. The molecule has 0 unspecified atom stereocenters. The molecule has 0 saturated heterocycles. The maximum absolute atomic E-state index is 13.5. The average Bonchev–Trinajstić information content (AvgIpc) is 2.83. The molecule has 0 spiro atoms. The molecule has 0 saturated carbocycles. The first-order valence-electron chi connectivity index (χ1n) is 4.87. The molecular formula is C10H4ClF5N2S. The molecule has 0 atom stereocenters. The van der Waals surface area contributed by atoms with E-state index in [-0.39, 0.29) is 17.3 Å². The zero-order valence-electron chi connectivity index (χ0n) is 8.98. The molecule has 2 rings (SSSR count). The Morgan fingerprint density at radius 3 is 1.89 bits per heavy atom. The molecule has 2 aromatic rings. The van der Waals surface area contributed by atoms with Crippen molar-refractivity contribution in [1.29, 1.82) is 0 Å². The Balaban J connectivity index is 2.61. The first-order chi connectivity index (χ1) is 8.97. The second-order valence-electron chi connectivity index (χ2n) is 3.38. The summed E-state index contributed by atoms with van der Waals surface area (Å²) in [7, 11) is 0. The van der Waals surface area contributed by atoms with Gasteiger partial charge in [-0.25, -0.2) is 22.0 Å². The van der Waals surface area contributed by atoms with Crippen LogP contribution in [0.2, 0.25) is 0 Å². The van der Waals surface area contributed by atoms with Crippen LogP contribution in [0.3, 0.4) is 0 Å². The van der Waals surface area contributed by atoms with Gasteiger partial charge >= 0.3 is 0 Å². The molecule has 0 aliphatic rings. The van der Waals surface area contributed by atoms with Crippen molar-refractivity contribution < 1.29 is 22.0 Å². The van der Waals surface area contributed by atoms with Crippen molar-refractivity contribution in [2.24, 2.45) is 0 Å². The van der Waals surface area contributed by atoms with Crippen molar-refractivity contribution in [2.45, 2.75) is 6.42 Å². The van der Waals surface area contributed by atoms with Gasteiger partial charge in [-0.3, -0.25) is 0 Å². The Morgan fingerprint density at radius 1 is 0.842 bits per heavy atom. The summed E-state index contributed by atoms with van der Waals surface area (Å²) in [5, 5.41) is 6.93. The highest BCUT2D eigenvalue weighted by Crippen LogP contribution is 2.33. The van der Waals surface area contributed by atoms with Crippen LogP contribution in [0.25, 0.3) is 10.6 Å². The molecule has 0 radical (unpaired) electrons. The van der Waals surface area contributed by atoms with E-state index in [1.54, 1.807) is 0 Å². The minimum atomic E-state index is -2.20. The summed E-state index contributed by atoms with van der Waals surface area (Å²) < 4.78 is 65.8. The largest absolute Gasteiger partial charge is 0.203 e. The fraction of sp³-hybridized carbons (Fsp3) is 0.200. The zero-order valence-corrected chi connectivity index (χ0v) is 10.6. The fourth-order valence-electron chi connectivity index (χ4n) is 1.33. The number of nitrogens with zero attached hydrogens (tertiary/aromatic N) is 2. The predicted octanol–water partition coefficient (Wildman–Crippen LogP) is 3.68. The van der Waals surface area contributed by atoms with E-state index in [4.69, 9.17) is 11.6 Å². The van der Waals surface area contributed by atoms with Gasteiger partial charge in [0.1, 0.15) is 5.01 Å². The van der Waals surface area contributed by atoms with Crippen molar-refractivity contribution in [1.82, 2.24) is 10.2 Å². The lowest BCUT2D eigenvalue weighted by Gasteiger charge is -2.04. The van der Waals surface area contributed by atoms with E-state index in [0.717, 1.165) is 11.3 Å². The van der Waals surface area contributed by atoms with E-state index in [1.165, 1.54) is 0 Å². The Bertz CT molecular complexity index is 602. The smallest absolute Gasteiger partial charge is 0.200 e. The minimum absolute atomic E-state index is 0.200. The number of hydrogen-bond acceptors (Lipinski definition) is 3. The monoisotopic (exact) mass is 314 g/mol. The third kappa shape index (κ3) is 2.42. The molecule has 0 aliphatic carbocycles. The van der Waals surface area contributed by atoms with Crippen LogP contribution in [0, 0.1) is 29.1 Å². The highest BCUT2D eigenvalue weighted by atomic mass is 35.5. The molecule has 0 N–H and O–H groups in total. The van der Waals surface area contributed by atoms with Crippen LogP contribution in [-0.4, -0.2) is 16.1 Å². The maximum Gasteiger partial charge on any atom is 0.200 e. The van der Waals surface area contributed by atoms with Crippen LogP contribution in [0.4, 0.5) is 22.0 Å². The van der Waals surface area contributed by atoms with Gasteiger partial charge in [-0.05, 0) is 0 Å². The van der Waals surface area contributed by atoms with Gasteiger partial charge in [0, 0.05) is 12.3 Å². The summed E-state index contributed by atoms with van der Waals surface area (Å²) >= 11 is 6.17. The minimum Gasteiger partial charge on any atom is -0.203 e. The normalized spacial score (nSPS) is 11.1. The first-order valence-corrected chi connectivity index (χ1v) is 6.22. The SMILES string of the molecule is Fc1c(F)c(F)c(-c2nnc(CCCl)s2)c(F)c1F. The van der Waals surface area contributed by atoms with Crippen molar-refractivity contribution in [3.05, 3.63) is 34.1 Å².